The highest BCUT2D eigenvalue weighted by atomic mass is 19.4. The van der Waals surface area contributed by atoms with E-state index in [1.54, 1.807) is 18.2 Å². The Bertz CT molecular complexity index is 917. The van der Waals surface area contributed by atoms with E-state index in [2.05, 4.69) is 10.4 Å². The van der Waals surface area contributed by atoms with Gasteiger partial charge in [-0.2, -0.15) is 18.3 Å². The third-order valence-electron chi connectivity index (χ3n) is 3.72. The minimum absolute atomic E-state index is 0.281. The molecule has 1 amide bonds. The minimum Gasteiger partial charge on any atom is -0.326 e. The van der Waals surface area contributed by atoms with Crippen molar-refractivity contribution in [1.29, 1.82) is 0 Å². The maximum atomic E-state index is 12.6. The summed E-state index contributed by atoms with van der Waals surface area (Å²) in [6, 6.07) is 11.6. The van der Waals surface area contributed by atoms with Crippen molar-refractivity contribution in [2.24, 2.45) is 5.73 Å². The van der Waals surface area contributed by atoms with Crippen molar-refractivity contribution >= 4 is 11.6 Å². The highest BCUT2D eigenvalue weighted by molar-refractivity contribution is 6.04. The van der Waals surface area contributed by atoms with Gasteiger partial charge in [-0.3, -0.25) is 4.79 Å². The molecule has 2 aromatic carbocycles. The first-order chi connectivity index (χ1) is 12.4. The van der Waals surface area contributed by atoms with Gasteiger partial charge >= 0.3 is 6.18 Å². The molecule has 0 unspecified atom stereocenters. The topological polar surface area (TPSA) is 72.9 Å². The third kappa shape index (κ3) is 3.92. The van der Waals surface area contributed by atoms with Gasteiger partial charge in [0.2, 0.25) is 0 Å². The van der Waals surface area contributed by atoms with Gasteiger partial charge in [0.25, 0.3) is 5.91 Å². The van der Waals surface area contributed by atoms with Gasteiger partial charge in [0.1, 0.15) is 0 Å². The van der Waals surface area contributed by atoms with Crippen molar-refractivity contribution in [3.8, 4) is 5.69 Å². The Hall–Kier alpha value is -3.13. The van der Waals surface area contributed by atoms with Crippen molar-refractivity contribution in [3.05, 3.63) is 77.6 Å². The van der Waals surface area contributed by atoms with E-state index in [4.69, 9.17) is 5.73 Å². The molecule has 0 bridgehead atoms. The number of alkyl halides is 3. The monoisotopic (exact) mass is 360 g/mol. The second-order valence-corrected chi connectivity index (χ2v) is 5.58. The first-order valence-corrected chi connectivity index (χ1v) is 7.69. The van der Waals surface area contributed by atoms with Crippen molar-refractivity contribution in [2.45, 2.75) is 12.7 Å². The number of hydrogen-bond donors (Lipinski definition) is 2. The Kier molecular flexibility index (Phi) is 4.77. The van der Waals surface area contributed by atoms with Crippen LogP contribution in [0.2, 0.25) is 0 Å². The van der Waals surface area contributed by atoms with E-state index in [1.807, 2.05) is 6.07 Å². The van der Waals surface area contributed by atoms with E-state index < -0.39 is 11.7 Å². The summed E-state index contributed by atoms with van der Waals surface area (Å²) in [7, 11) is 0. The Morgan fingerprint density at radius 1 is 1.15 bits per heavy atom. The minimum atomic E-state index is -4.40. The number of aromatic nitrogens is 2. The van der Waals surface area contributed by atoms with E-state index in [9.17, 15) is 18.0 Å². The normalized spacial score (nSPS) is 11.4. The van der Waals surface area contributed by atoms with Gasteiger partial charge in [0.05, 0.1) is 23.0 Å². The fraction of sp³-hybridized carbons (Fsp3) is 0.111. The summed E-state index contributed by atoms with van der Waals surface area (Å²) >= 11 is 0. The van der Waals surface area contributed by atoms with Crippen molar-refractivity contribution < 1.29 is 18.0 Å². The SMILES string of the molecule is NCc1cccc(NC(=O)c2cnn(-c3ccc(C(F)(F)F)cc3)c2)c1. The van der Waals surface area contributed by atoms with Crippen molar-refractivity contribution in [1.82, 2.24) is 9.78 Å². The number of benzene rings is 2. The van der Waals surface area contributed by atoms with Gasteiger partial charge in [0, 0.05) is 18.4 Å². The van der Waals surface area contributed by atoms with Gasteiger partial charge in [-0.25, -0.2) is 4.68 Å². The van der Waals surface area contributed by atoms with E-state index >= 15 is 0 Å². The number of nitrogens with one attached hydrogen (secondary N) is 1. The zero-order chi connectivity index (χ0) is 18.7. The van der Waals surface area contributed by atoms with Crippen LogP contribution in [0.15, 0.2) is 60.9 Å². The van der Waals surface area contributed by atoms with Gasteiger partial charge in [-0.1, -0.05) is 12.1 Å². The van der Waals surface area contributed by atoms with Crippen LogP contribution in [-0.4, -0.2) is 15.7 Å². The molecule has 0 saturated heterocycles. The van der Waals surface area contributed by atoms with Crippen LogP contribution in [0.3, 0.4) is 0 Å². The molecule has 3 N–H and O–H groups in total. The lowest BCUT2D eigenvalue weighted by molar-refractivity contribution is -0.137. The summed E-state index contributed by atoms with van der Waals surface area (Å²) in [5.41, 5.74) is 7.00. The lowest BCUT2D eigenvalue weighted by Gasteiger charge is -2.07. The molecule has 0 saturated carbocycles. The number of carbonyl (C=O) groups excluding carboxylic acids is 1. The van der Waals surface area contributed by atoms with E-state index in [0.717, 1.165) is 17.7 Å². The zero-order valence-electron chi connectivity index (χ0n) is 13.5. The molecule has 0 aliphatic heterocycles. The van der Waals surface area contributed by atoms with Crippen LogP contribution in [0, 0.1) is 0 Å². The molecule has 0 spiro atoms. The Labute approximate surface area is 147 Å². The fourth-order valence-corrected chi connectivity index (χ4v) is 2.36. The number of amides is 1. The number of carbonyl (C=O) groups is 1. The first-order valence-electron chi connectivity index (χ1n) is 7.69. The summed E-state index contributed by atoms with van der Waals surface area (Å²) in [4.78, 5) is 12.3. The standard InChI is InChI=1S/C18H15F3N4O/c19-18(20,21)14-4-6-16(7-5-14)25-11-13(10-23-25)17(26)24-15-3-1-2-12(8-15)9-22/h1-8,10-11H,9,22H2,(H,24,26). The number of nitrogens with two attached hydrogens (primary N) is 1. The molecule has 8 heteroatoms. The maximum absolute atomic E-state index is 12.6. The first kappa shape index (κ1) is 17.7. The summed E-state index contributed by atoms with van der Waals surface area (Å²) in [6.45, 7) is 0.357. The lowest BCUT2D eigenvalue weighted by Crippen LogP contribution is -2.11. The summed E-state index contributed by atoms with van der Waals surface area (Å²) < 4.78 is 39.2. The van der Waals surface area contributed by atoms with Crippen LogP contribution in [0.5, 0.6) is 0 Å². The molecule has 0 radical (unpaired) electrons. The lowest BCUT2D eigenvalue weighted by atomic mass is 10.2. The molecule has 0 aliphatic rings. The predicted molar refractivity (Wildman–Crippen MR) is 90.9 cm³/mol. The van der Waals surface area contributed by atoms with Gasteiger partial charge in [0.15, 0.2) is 0 Å². The van der Waals surface area contributed by atoms with E-state index in [0.29, 0.717) is 17.9 Å². The molecule has 134 valence electrons. The number of anilines is 1. The summed E-state index contributed by atoms with van der Waals surface area (Å²) in [5, 5.41) is 6.76. The smallest absolute Gasteiger partial charge is 0.326 e. The highest BCUT2D eigenvalue weighted by Crippen LogP contribution is 2.29. The summed E-state index contributed by atoms with van der Waals surface area (Å²) in [5.74, 6) is -0.377. The van der Waals surface area contributed by atoms with Crippen LogP contribution in [0.4, 0.5) is 18.9 Å². The molecule has 1 heterocycles. The van der Waals surface area contributed by atoms with Gasteiger partial charge < -0.3 is 11.1 Å². The number of nitrogens with zero attached hydrogens (tertiary/aromatic N) is 2. The molecule has 1 aromatic heterocycles. The highest BCUT2D eigenvalue weighted by Gasteiger charge is 2.30. The Morgan fingerprint density at radius 3 is 2.54 bits per heavy atom. The van der Waals surface area contributed by atoms with Gasteiger partial charge in [-0.05, 0) is 42.0 Å². The second-order valence-electron chi connectivity index (χ2n) is 5.58. The van der Waals surface area contributed by atoms with E-state index in [-0.39, 0.29) is 11.5 Å². The fourth-order valence-electron chi connectivity index (χ4n) is 2.36. The van der Waals surface area contributed by atoms with Crippen LogP contribution in [-0.2, 0) is 12.7 Å². The van der Waals surface area contributed by atoms with Crippen molar-refractivity contribution in [3.63, 3.8) is 0 Å². The summed E-state index contributed by atoms with van der Waals surface area (Å²) in [6.07, 6.45) is -1.60. The molecule has 3 aromatic rings. The van der Waals surface area contributed by atoms with Crippen LogP contribution in [0.25, 0.3) is 5.69 Å². The maximum Gasteiger partial charge on any atom is 0.416 e. The zero-order valence-corrected chi connectivity index (χ0v) is 13.5. The Balaban J connectivity index is 1.75. The average Bonchev–Trinajstić information content (AvgIpc) is 3.11. The molecular weight excluding hydrogens is 345 g/mol. The predicted octanol–water partition coefficient (Wildman–Crippen LogP) is 3.60. The number of rotatable bonds is 4. The van der Waals surface area contributed by atoms with Crippen molar-refractivity contribution in [2.75, 3.05) is 5.32 Å². The van der Waals surface area contributed by atoms with Crippen LogP contribution in [0.1, 0.15) is 21.5 Å². The van der Waals surface area contributed by atoms with Crippen LogP contribution >= 0.6 is 0 Å². The van der Waals surface area contributed by atoms with Crippen LogP contribution < -0.4 is 11.1 Å². The molecule has 0 aliphatic carbocycles. The second kappa shape index (κ2) is 7.01. The molecule has 0 fully saturated rings. The van der Waals surface area contributed by atoms with Gasteiger partial charge in [-0.15, -0.1) is 0 Å². The van der Waals surface area contributed by atoms with E-state index in [1.165, 1.54) is 29.2 Å². The Morgan fingerprint density at radius 2 is 1.88 bits per heavy atom. The molecule has 0 atom stereocenters. The molecule has 3 rings (SSSR count). The molecule has 5 nitrogen and oxygen atoms in total. The number of halogens is 3. The number of hydrogen-bond acceptors (Lipinski definition) is 3. The molecule has 26 heavy (non-hydrogen) atoms. The largest absolute Gasteiger partial charge is 0.416 e. The quantitative estimate of drug-likeness (QED) is 0.747. The molecular formula is C18H15F3N4O. The third-order valence-corrected chi connectivity index (χ3v) is 3.72. The average molecular weight is 360 g/mol.